The van der Waals surface area contributed by atoms with Gasteiger partial charge in [0.2, 0.25) is 0 Å². The molecule has 0 aliphatic heterocycles. The van der Waals surface area contributed by atoms with Crippen molar-refractivity contribution in [3.8, 4) is 0 Å². The normalized spacial score (nSPS) is 12.3. The van der Waals surface area contributed by atoms with Crippen LogP contribution in [0.5, 0.6) is 0 Å². The van der Waals surface area contributed by atoms with Crippen molar-refractivity contribution in [2.75, 3.05) is 6.61 Å². The number of nitrogens with zero attached hydrogens (tertiary/aromatic N) is 2. The number of amides is 1. The lowest BCUT2D eigenvalue weighted by atomic mass is 10.1. The monoisotopic (exact) mass is 375 g/mol. The predicted molar refractivity (Wildman–Crippen MR) is 98.0 cm³/mol. The number of imidazole rings is 1. The van der Waals surface area contributed by atoms with Crippen LogP contribution >= 0.6 is 11.6 Å². The minimum absolute atomic E-state index is 0.234. The lowest BCUT2D eigenvalue weighted by molar-refractivity contribution is 0.0909. The van der Waals surface area contributed by atoms with Gasteiger partial charge in [0.05, 0.1) is 23.4 Å². The van der Waals surface area contributed by atoms with E-state index in [-0.39, 0.29) is 18.3 Å². The SMILES string of the molecule is CCc1nc2ccc(Cl)cn2c1C(=O)NC(CO)Cc1ccc(F)cc1. The molecule has 1 amide bonds. The number of hydrogen-bond acceptors (Lipinski definition) is 3. The summed E-state index contributed by atoms with van der Waals surface area (Å²) in [6, 6.07) is 8.95. The number of carbonyl (C=O) groups excluding carboxylic acids is 1. The van der Waals surface area contributed by atoms with Crippen LogP contribution in [0.4, 0.5) is 4.39 Å². The molecule has 3 rings (SSSR count). The molecule has 0 saturated heterocycles. The molecule has 1 aromatic carbocycles. The number of rotatable bonds is 6. The molecule has 1 atom stereocenters. The van der Waals surface area contributed by atoms with Crippen LogP contribution in [-0.2, 0) is 12.8 Å². The first-order valence-electron chi connectivity index (χ1n) is 8.34. The summed E-state index contributed by atoms with van der Waals surface area (Å²) in [4.78, 5) is 17.3. The van der Waals surface area contributed by atoms with Gasteiger partial charge in [-0.15, -0.1) is 0 Å². The third-order valence-corrected chi connectivity index (χ3v) is 4.38. The average Bonchev–Trinajstić information content (AvgIpc) is 3.00. The zero-order valence-corrected chi connectivity index (χ0v) is 15.0. The van der Waals surface area contributed by atoms with Gasteiger partial charge in [-0.3, -0.25) is 9.20 Å². The van der Waals surface area contributed by atoms with Gasteiger partial charge in [-0.1, -0.05) is 30.7 Å². The molecule has 136 valence electrons. The van der Waals surface area contributed by atoms with E-state index in [0.717, 1.165) is 5.56 Å². The summed E-state index contributed by atoms with van der Waals surface area (Å²) >= 11 is 6.05. The summed E-state index contributed by atoms with van der Waals surface area (Å²) in [5.41, 5.74) is 2.52. The molecule has 3 aromatic rings. The Morgan fingerprint density at radius 3 is 2.69 bits per heavy atom. The maximum atomic E-state index is 13.0. The van der Waals surface area contributed by atoms with Crippen molar-refractivity contribution in [2.45, 2.75) is 25.8 Å². The van der Waals surface area contributed by atoms with E-state index < -0.39 is 6.04 Å². The van der Waals surface area contributed by atoms with Crippen LogP contribution in [0.2, 0.25) is 5.02 Å². The summed E-state index contributed by atoms with van der Waals surface area (Å²) < 4.78 is 14.7. The topological polar surface area (TPSA) is 66.6 Å². The van der Waals surface area contributed by atoms with Crippen LogP contribution in [-0.4, -0.2) is 33.0 Å². The highest BCUT2D eigenvalue weighted by atomic mass is 35.5. The maximum Gasteiger partial charge on any atom is 0.270 e. The maximum absolute atomic E-state index is 13.0. The Labute approximate surface area is 155 Å². The first kappa shape index (κ1) is 18.4. The minimum atomic E-state index is -0.498. The molecule has 0 fully saturated rings. The molecule has 2 N–H and O–H groups in total. The van der Waals surface area contributed by atoms with Crippen LogP contribution < -0.4 is 5.32 Å². The van der Waals surface area contributed by atoms with E-state index in [0.29, 0.717) is 34.9 Å². The second kappa shape index (κ2) is 7.85. The Bertz CT molecular complexity index is 924. The number of carbonyl (C=O) groups is 1. The van der Waals surface area contributed by atoms with Crippen LogP contribution in [0, 0.1) is 5.82 Å². The molecule has 26 heavy (non-hydrogen) atoms. The second-order valence-corrected chi connectivity index (χ2v) is 6.46. The molecule has 0 aliphatic carbocycles. The zero-order chi connectivity index (χ0) is 18.7. The van der Waals surface area contributed by atoms with E-state index >= 15 is 0 Å². The molecule has 5 nitrogen and oxygen atoms in total. The third-order valence-electron chi connectivity index (χ3n) is 4.16. The van der Waals surface area contributed by atoms with Crippen LogP contribution in [0.1, 0.15) is 28.7 Å². The van der Waals surface area contributed by atoms with Crippen LogP contribution in [0.25, 0.3) is 5.65 Å². The largest absolute Gasteiger partial charge is 0.394 e. The summed E-state index contributed by atoms with van der Waals surface area (Å²) in [5.74, 6) is -0.661. The van der Waals surface area contributed by atoms with E-state index in [1.165, 1.54) is 12.1 Å². The van der Waals surface area contributed by atoms with Crippen molar-refractivity contribution in [2.24, 2.45) is 0 Å². The van der Waals surface area contributed by atoms with Gasteiger partial charge in [0.25, 0.3) is 5.91 Å². The first-order chi connectivity index (χ1) is 12.5. The highest BCUT2D eigenvalue weighted by molar-refractivity contribution is 6.30. The number of aliphatic hydroxyl groups is 1. The van der Waals surface area contributed by atoms with Gasteiger partial charge < -0.3 is 10.4 Å². The van der Waals surface area contributed by atoms with Crippen LogP contribution in [0.3, 0.4) is 0 Å². The molecule has 0 aliphatic rings. The fourth-order valence-corrected chi connectivity index (χ4v) is 3.03. The molecule has 0 bridgehead atoms. The van der Waals surface area contributed by atoms with Gasteiger partial charge in [-0.2, -0.15) is 0 Å². The number of fused-ring (bicyclic) bond motifs is 1. The summed E-state index contributed by atoms with van der Waals surface area (Å²) in [6.45, 7) is 1.68. The van der Waals surface area contributed by atoms with Gasteiger partial charge in [0.15, 0.2) is 0 Å². The number of aryl methyl sites for hydroxylation is 1. The molecule has 7 heteroatoms. The van der Waals surface area contributed by atoms with Gasteiger partial charge >= 0.3 is 0 Å². The quantitative estimate of drug-likeness (QED) is 0.696. The van der Waals surface area contributed by atoms with E-state index in [2.05, 4.69) is 10.3 Å². The van der Waals surface area contributed by atoms with Gasteiger partial charge in [-0.05, 0) is 42.7 Å². The number of aromatic nitrogens is 2. The molecular formula is C19H19ClFN3O2. The van der Waals surface area contributed by atoms with Crippen molar-refractivity contribution in [1.29, 1.82) is 0 Å². The Morgan fingerprint density at radius 2 is 2.04 bits per heavy atom. The lowest BCUT2D eigenvalue weighted by Crippen LogP contribution is -2.40. The molecule has 2 heterocycles. The highest BCUT2D eigenvalue weighted by Crippen LogP contribution is 2.18. The number of halogens is 2. The summed E-state index contributed by atoms with van der Waals surface area (Å²) in [7, 11) is 0. The van der Waals surface area contributed by atoms with Crippen molar-refractivity contribution in [3.05, 3.63) is 70.4 Å². The van der Waals surface area contributed by atoms with Crippen molar-refractivity contribution in [1.82, 2.24) is 14.7 Å². The molecule has 1 unspecified atom stereocenters. The Balaban J connectivity index is 1.85. The van der Waals surface area contributed by atoms with E-state index in [1.54, 1.807) is 34.9 Å². The number of pyridine rings is 1. The summed E-state index contributed by atoms with van der Waals surface area (Å²) in [5, 5.41) is 13.0. The fourth-order valence-electron chi connectivity index (χ4n) is 2.87. The smallest absolute Gasteiger partial charge is 0.270 e. The number of nitrogens with one attached hydrogen (secondary N) is 1. The Hall–Kier alpha value is -2.44. The van der Waals surface area contributed by atoms with Gasteiger partial charge in [-0.25, -0.2) is 9.37 Å². The first-order valence-corrected chi connectivity index (χ1v) is 8.72. The molecular weight excluding hydrogens is 357 g/mol. The van der Waals surface area contributed by atoms with Crippen molar-refractivity contribution in [3.63, 3.8) is 0 Å². The molecule has 0 radical (unpaired) electrons. The van der Waals surface area contributed by atoms with Crippen LogP contribution in [0.15, 0.2) is 42.6 Å². The Morgan fingerprint density at radius 1 is 1.31 bits per heavy atom. The van der Waals surface area contributed by atoms with Crippen molar-refractivity contribution < 1.29 is 14.3 Å². The lowest BCUT2D eigenvalue weighted by Gasteiger charge is -2.17. The number of benzene rings is 1. The highest BCUT2D eigenvalue weighted by Gasteiger charge is 2.21. The van der Waals surface area contributed by atoms with Gasteiger partial charge in [0, 0.05) is 6.20 Å². The average molecular weight is 376 g/mol. The van der Waals surface area contributed by atoms with E-state index in [1.807, 2.05) is 6.92 Å². The summed E-state index contributed by atoms with van der Waals surface area (Å²) in [6.07, 6.45) is 2.62. The van der Waals surface area contributed by atoms with Gasteiger partial charge in [0.1, 0.15) is 17.2 Å². The zero-order valence-electron chi connectivity index (χ0n) is 14.2. The fraction of sp³-hybridized carbons (Fsp3) is 0.263. The Kier molecular flexibility index (Phi) is 5.54. The predicted octanol–water partition coefficient (Wildman–Crippen LogP) is 3.02. The van der Waals surface area contributed by atoms with Crippen molar-refractivity contribution >= 4 is 23.2 Å². The number of hydrogen-bond donors (Lipinski definition) is 2. The molecule has 0 spiro atoms. The van der Waals surface area contributed by atoms with E-state index in [9.17, 15) is 14.3 Å². The molecule has 2 aromatic heterocycles. The third kappa shape index (κ3) is 3.86. The standard InChI is InChI=1S/C19H19ClFN3O2/c1-2-16-18(24-10-13(20)5-8-17(24)23-16)19(26)22-15(11-25)9-12-3-6-14(21)7-4-12/h3-8,10,15,25H,2,9,11H2,1H3,(H,22,26). The second-order valence-electron chi connectivity index (χ2n) is 6.02. The van der Waals surface area contributed by atoms with E-state index in [4.69, 9.17) is 11.6 Å². The molecule has 0 saturated carbocycles. The number of aliphatic hydroxyl groups excluding tert-OH is 1. The minimum Gasteiger partial charge on any atom is -0.394 e.